The van der Waals surface area contributed by atoms with Crippen LogP contribution >= 0.6 is 0 Å². The molecule has 2 N–H and O–H groups in total. The molecule has 0 saturated carbocycles. The van der Waals surface area contributed by atoms with Crippen LogP contribution in [0.15, 0.2) is 66.7 Å². The molecule has 3 aromatic rings. The molecule has 0 aliphatic carbocycles. The second-order valence-electron chi connectivity index (χ2n) is 12.7. The molecule has 0 radical (unpaired) electrons. The highest BCUT2D eigenvalue weighted by Crippen LogP contribution is 2.33. The average Bonchev–Trinajstić information content (AvgIpc) is 3.54. The van der Waals surface area contributed by atoms with Crippen molar-refractivity contribution in [2.75, 3.05) is 45.5 Å². The van der Waals surface area contributed by atoms with Gasteiger partial charge < -0.3 is 34.3 Å². The summed E-state index contributed by atoms with van der Waals surface area (Å²) >= 11 is 0. The van der Waals surface area contributed by atoms with E-state index >= 15 is 0 Å². The van der Waals surface area contributed by atoms with Gasteiger partial charge in [0.1, 0.15) is 5.75 Å². The molecule has 2 aliphatic rings. The minimum Gasteiger partial charge on any atom is -0.490 e. The number of likely N-dealkylation sites (N-methyl/N-ethyl adjacent to an activating group) is 1. The number of hydrogen-bond donors (Lipinski definition) is 2. The summed E-state index contributed by atoms with van der Waals surface area (Å²) in [6.07, 6.45) is 2.29. The molecule has 0 unspecified atom stereocenters. The van der Waals surface area contributed by atoms with Gasteiger partial charge in [-0.25, -0.2) is 0 Å². The number of amides is 2. The third kappa shape index (κ3) is 9.03. The van der Waals surface area contributed by atoms with Crippen molar-refractivity contribution in [3.63, 3.8) is 0 Å². The highest BCUT2D eigenvalue weighted by Gasteiger charge is 2.30. The Balaban J connectivity index is 1.38. The predicted octanol–water partition coefficient (Wildman–Crippen LogP) is 5.60. The first-order valence-electron chi connectivity index (χ1n) is 16.5. The normalized spacial score (nSPS) is 21.0. The van der Waals surface area contributed by atoms with Crippen LogP contribution in [0.5, 0.6) is 17.2 Å². The van der Waals surface area contributed by atoms with E-state index in [9.17, 15) is 14.7 Å². The number of nitrogens with zero attached hydrogens (tertiary/aromatic N) is 2. The zero-order valence-corrected chi connectivity index (χ0v) is 27.8. The third-order valence-electron chi connectivity index (χ3n) is 8.73. The Bertz CT molecular complexity index is 1500. The number of nitrogens with one attached hydrogen (secondary N) is 1. The molecule has 10 nitrogen and oxygen atoms in total. The van der Waals surface area contributed by atoms with Gasteiger partial charge in [0.2, 0.25) is 6.79 Å². The Morgan fingerprint density at radius 1 is 1.02 bits per heavy atom. The quantitative estimate of drug-likeness (QED) is 0.326. The fourth-order valence-electron chi connectivity index (χ4n) is 5.98. The molecule has 0 saturated heterocycles. The van der Waals surface area contributed by atoms with Crippen molar-refractivity contribution < 1.29 is 33.6 Å². The van der Waals surface area contributed by atoms with Gasteiger partial charge >= 0.3 is 0 Å². The fraction of sp³-hybridized carbons (Fsp3) is 0.459. The first-order valence-corrected chi connectivity index (χ1v) is 16.5. The second kappa shape index (κ2) is 16.1. The number of aliphatic hydroxyl groups is 1. The van der Waals surface area contributed by atoms with Crippen molar-refractivity contribution in [1.29, 1.82) is 0 Å². The highest BCUT2D eigenvalue weighted by atomic mass is 16.7. The van der Waals surface area contributed by atoms with Crippen molar-refractivity contribution in [1.82, 2.24) is 9.80 Å². The number of anilines is 1. The fourth-order valence-corrected chi connectivity index (χ4v) is 5.98. The molecule has 0 fully saturated rings. The van der Waals surface area contributed by atoms with E-state index in [-0.39, 0.29) is 43.3 Å². The monoisotopic (exact) mass is 645 g/mol. The number of benzene rings is 3. The lowest BCUT2D eigenvalue weighted by atomic mass is 10.0. The first-order chi connectivity index (χ1) is 22.7. The van der Waals surface area contributed by atoms with Crippen LogP contribution in [0.2, 0.25) is 0 Å². The first kappa shape index (κ1) is 34.2. The summed E-state index contributed by atoms with van der Waals surface area (Å²) in [6.45, 7) is 8.26. The van der Waals surface area contributed by atoms with Gasteiger partial charge in [0, 0.05) is 43.4 Å². The topological polar surface area (TPSA) is 110 Å². The minimum atomic E-state index is -0.460. The summed E-state index contributed by atoms with van der Waals surface area (Å²) in [6, 6.07) is 19.6. The SMILES string of the molecule is C[C@@H]1CCCCO[C@H](CN(C)Cc2ccc3c(c2)OCO3)[C@H](C)CN([C@@H](C)CO)C(=O)c2cc(NC(=O)c3ccccc3)ccc2O1. The van der Waals surface area contributed by atoms with Crippen LogP contribution in [0.1, 0.15) is 66.3 Å². The summed E-state index contributed by atoms with van der Waals surface area (Å²) < 4.78 is 23.9. The lowest BCUT2D eigenvalue weighted by Gasteiger charge is -2.36. The number of aliphatic hydroxyl groups excluding tert-OH is 1. The molecule has 2 heterocycles. The lowest BCUT2D eigenvalue weighted by molar-refractivity contribution is -0.0177. The van der Waals surface area contributed by atoms with E-state index in [0.717, 1.165) is 36.3 Å². The Morgan fingerprint density at radius 2 is 1.79 bits per heavy atom. The van der Waals surface area contributed by atoms with Gasteiger partial charge in [-0.1, -0.05) is 31.2 Å². The largest absolute Gasteiger partial charge is 0.490 e. The van der Waals surface area contributed by atoms with E-state index < -0.39 is 6.04 Å². The molecular formula is C37H47N3O7. The molecule has 2 aliphatic heterocycles. The predicted molar refractivity (Wildman–Crippen MR) is 180 cm³/mol. The van der Waals surface area contributed by atoms with Crippen LogP contribution in [0.4, 0.5) is 5.69 Å². The van der Waals surface area contributed by atoms with Crippen molar-refractivity contribution in [2.45, 2.75) is 64.8 Å². The summed E-state index contributed by atoms with van der Waals surface area (Å²) in [5.74, 6) is 1.37. The number of carbonyl (C=O) groups is 2. The van der Waals surface area contributed by atoms with Crippen LogP contribution in [0, 0.1) is 5.92 Å². The Hall–Kier alpha value is -4.12. The molecule has 10 heteroatoms. The Labute approximate surface area is 277 Å². The van der Waals surface area contributed by atoms with Crippen molar-refractivity contribution in [3.8, 4) is 17.2 Å². The standard InChI is InChI=1S/C37H47N3O7/c1-25-20-40(26(2)23-41)37(43)31-19-30(38-36(42)29-11-6-5-7-12-29)14-16-32(31)47-27(3)10-8-9-17-44-35(25)22-39(4)21-28-13-15-33-34(18-28)46-24-45-33/h5-7,11-16,18-19,25-27,35,41H,8-10,17,20-24H2,1-4H3,(H,38,42)/t25-,26+,27-,35-/m1/s1. The van der Waals surface area contributed by atoms with Gasteiger partial charge in [-0.05, 0) is 88.2 Å². The maximum Gasteiger partial charge on any atom is 0.258 e. The molecule has 3 aromatic carbocycles. The molecule has 252 valence electrons. The van der Waals surface area contributed by atoms with E-state index in [1.165, 1.54) is 0 Å². The lowest BCUT2D eigenvalue weighted by Crippen LogP contribution is -2.47. The summed E-state index contributed by atoms with van der Waals surface area (Å²) in [7, 11) is 2.06. The summed E-state index contributed by atoms with van der Waals surface area (Å²) in [5, 5.41) is 13.2. The molecule has 0 aromatic heterocycles. The number of carbonyl (C=O) groups excluding carboxylic acids is 2. The Kier molecular flexibility index (Phi) is 11.7. The number of rotatable bonds is 8. The van der Waals surface area contributed by atoms with E-state index in [4.69, 9.17) is 18.9 Å². The smallest absolute Gasteiger partial charge is 0.258 e. The molecular weight excluding hydrogens is 598 g/mol. The van der Waals surface area contributed by atoms with E-state index in [1.807, 2.05) is 38.1 Å². The van der Waals surface area contributed by atoms with Crippen molar-refractivity contribution in [3.05, 3.63) is 83.4 Å². The van der Waals surface area contributed by atoms with Gasteiger partial charge in [-0.15, -0.1) is 0 Å². The zero-order valence-electron chi connectivity index (χ0n) is 27.8. The number of fused-ring (bicyclic) bond motifs is 2. The zero-order chi connectivity index (χ0) is 33.3. The van der Waals surface area contributed by atoms with Gasteiger partial charge in [-0.2, -0.15) is 0 Å². The minimum absolute atomic E-state index is 0.0562. The van der Waals surface area contributed by atoms with E-state index in [1.54, 1.807) is 47.4 Å². The summed E-state index contributed by atoms with van der Waals surface area (Å²) in [5.41, 5.74) is 2.45. The van der Waals surface area contributed by atoms with Gasteiger partial charge in [0.25, 0.3) is 11.8 Å². The van der Waals surface area contributed by atoms with Crippen LogP contribution in [-0.4, -0.2) is 85.1 Å². The van der Waals surface area contributed by atoms with Crippen LogP contribution in [0.25, 0.3) is 0 Å². The molecule has 47 heavy (non-hydrogen) atoms. The van der Waals surface area contributed by atoms with Crippen molar-refractivity contribution in [2.24, 2.45) is 5.92 Å². The molecule has 4 atom stereocenters. The number of hydrogen-bond acceptors (Lipinski definition) is 8. The van der Waals surface area contributed by atoms with E-state index in [2.05, 4.69) is 24.2 Å². The van der Waals surface area contributed by atoms with Gasteiger partial charge in [0.05, 0.1) is 30.4 Å². The summed E-state index contributed by atoms with van der Waals surface area (Å²) in [4.78, 5) is 31.2. The molecule has 0 bridgehead atoms. The molecule has 2 amide bonds. The molecule has 0 spiro atoms. The maximum absolute atomic E-state index is 14.4. The van der Waals surface area contributed by atoms with Crippen LogP contribution < -0.4 is 19.5 Å². The Morgan fingerprint density at radius 3 is 2.57 bits per heavy atom. The van der Waals surface area contributed by atoms with Crippen LogP contribution in [0.3, 0.4) is 0 Å². The van der Waals surface area contributed by atoms with Gasteiger partial charge in [-0.3, -0.25) is 14.5 Å². The van der Waals surface area contributed by atoms with E-state index in [0.29, 0.717) is 48.8 Å². The average molecular weight is 646 g/mol. The third-order valence-corrected chi connectivity index (χ3v) is 8.73. The van der Waals surface area contributed by atoms with Crippen LogP contribution in [-0.2, 0) is 11.3 Å². The van der Waals surface area contributed by atoms with Gasteiger partial charge in [0.15, 0.2) is 11.5 Å². The molecule has 5 rings (SSSR count). The number of ether oxygens (including phenoxy) is 4. The second-order valence-corrected chi connectivity index (χ2v) is 12.7. The maximum atomic E-state index is 14.4. The highest BCUT2D eigenvalue weighted by molar-refractivity contribution is 6.05. The van der Waals surface area contributed by atoms with Crippen molar-refractivity contribution >= 4 is 17.5 Å².